The van der Waals surface area contributed by atoms with Gasteiger partial charge in [-0.25, -0.2) is 22.2 Å². The first-order valence-electron chi connectivity index (χ1n) is 10.8. The van der Waals surface area contributed by atoms with Gasteiger partial charge in [0.05, 0.1) is 38.9 Å². The molecule has 4 rings (SSSR count). The second-order valence-electron chi connectivity index (χ2n) is 7.83. The number of aryl methyl sites for hydroxylation is 1. The fraction of sp³-hybridized carbons (Fsp3) is 0.167. The maximum Gasteiger partial charge on any atom is 0.263 e. The number of hydrogen-bond acceptors (Lipinski definition) is 6. The summed E-state index contributed by atoms with van der Waals surface area (Å²) in [4.78, 5) is 3.63. The first kappa shape index (κ1) is 26.5. The van der Waals surface area contributed by atoms with Crippen molar-refractivity contribution < 1.29 is 21.9 Å². The highest BCUT2D eigenvalue weighted by molar-refractivity contribution is 7.92. The van der Waals surface area contributed by atoms with Crippen LogP contribution in [0.1, 0.15) is 30.2 Å². The van der Waals surface area contributed by atoms with E-state index in [-0.39, 0.29) is 27.2 Å². The average Bonchev–Trinajstić information content (AvgIpc) is 3.24. The molecule has 0 aliphatic heterocycles. The molecule has 0 bridgehead atoms. The smallest absolute Gasteiger partial charge is 0.263 e. The van der Waals surface area contributed by atoms with Gasteiger partial charge in [0.25, 0.3) is 10.0 Å². The lowest BCUT2D eigenvalue weighted by molar-refractivity contribution is 0.317. The van der Waals surface area contributed by atoms with Crippen LogP contribution in [0.4, 0.5) is 20.3 Å². The molecule has 37 heavy (non-hydrogen) atoms. The molecule has 0 amide bonds. The van der Waals surface area contributed by atoms with E-state index in [1.165, 1.54) is 12.3 Å². The van der Waals surface area contributed by atoms with Gasteiger partial charge in [0.1, 0.15) is 27.8 Å². The fourth-order valence-corrected chi connectivity index (χ4v) is 5.29. The van der Waals surface area contributed by atoms with Crippen LogP contribution in [0.5, 0.6) is 5.75 Å². The molecule has 4 N–H and O–H groups in total. The molecule has 192 valence electrons. The number of fused-ring (bicyclic) bond motifs is 1. The number of hydrogen-bond donors (Lipinski definition) is 3. The number of anilines is 2. The zero-order valence-corrected chi connectivity index (χ0v) is 21.7. The topological polar surface area (TPSA) is 123 Å². The Hall–Kier alpha value is -3.59. The molecule has 0 radical (unpaired) electrons. The van der Waals surface area contributed by atoms with Crippen molar-refractivity contribution in [3.63, 3.8) is 0 Å². The van der Waals surface area contributed by atoms with Gasteiger partial charge < -0.3 is 10.5 Å². The molecule has 13 heteroatoms. The third-order valence-electron chi connectivity index (χ3n) is 5.19. The number of aromatic amines is 1. The molecular formula is C24H19Cl2F2N5O3S. The van der Waals surface area contributed by atoms with Crippen LogP contribution in [-0.2, 0) is 10.0 Å². The van der Waals surface area contributed by atoms with Crippen LogP contribution in [0.15, 0.2) is 35.4 Å². The first-order valence-corrected chi connectivity index (χ1v) is 13.0. The summed E-state index contributed by atoms with van der Waals surface area (Å²) in [5.74, 6) is 3.24. The van der Waals surface area contributed by atoms with Crippen molar-refractivity contribution in [3.8, 4) is 17.6 Å². The number of nitrogens with one attached hydrogen (secondary N) is 2. The van der Waals surface area contributed by atoms with Gasteiger partial charge in [0.2, 0.25) is 0 Å². The van der Waals surface area contributed by atoms with Crippen LogP contribution >= 0.6 is 23.2 Å². The Morgan fingerprint density at radius 2 is 1.95 bits per heavy atom. The Morgan fingerprint density at radius 1 is 1.19 bits per heavy atom. The van der Waals surface area contributed by atoms with E-state index in [1.54, 1.807) is 6.92 Å². The SMILES string of the molecule is CCCOc1cc(Cl)c(S(=O)(=O)Nc2ccc(F)c(C#Cc3cnc(N)c4c(C)[nH]nc34)c2F)cc1Cl. The fourth-order valence-electron chi connectivity index (χ4n) is 3.40. The number of ether oxygens (including phenoxy) is 1. The molecule has 0 unspecified atom stereocenters. The van der Waals surface area contributed by atoms with Gasteiger partial charge in [-0.3, -0.25) is 9.82 Å². The molecule has 0 saturated heterocycles. The summed E-state index contributed by atoms with van der Waals surface area (Å²) in [7, 11) is -4.42. The van der Waals surface area contributed by atoms with Gasteiger partial charge in [-0.2, -0.15) is 5.10 Å². The Labute approximate surface area is 221 Å². The predicted octanol–water partition coefficient (Wildman–Crippen LogP) is 5.42. The van der Waals surface area contributed by atoms with Crippen LogP contribution in [0.25, 0.3) is 10.9 Å². The molecule has 2 aromatic heterocycles. The number of nitrogen functional groups attached to an aromatic ring is 1. The second kappa shape index (κ2) is 10.4. The highest BCUT2D eigenvalue weighted by Gasteiger charge is 2.24. The minimum atomic E-state index is -4.42. The van der Waals surface area contributed by atoms with E-state index in [9.17, 15) is 12.8 Å². The summed E-state index contributed by atoms with van der Waals surface area (Å²) in [6, 6.07) is 4.16. The van der Waals surface area contributed by atoms with Crippen molar-refractivity contribution in [2.45, 2.75) is 25.2 Å². The van der Waals surface area contributed by atoms with Gasteiger partial charge in [-0.1, -0.05) is 42.0 Å². The highest BCUT2D eigenvalue weighted by atomic mass is 35.5. The second-order valence-corrected chi connectivity index (χ2v) is 10.3. The number of rotatable bonds is 6. The molecule has 0 atom stereocenters. The zero-order valence-electron chi connectivity index (χ0n) is 19.4. The summed E-state index contributed by atoms with van der Waals surface area (Å²) >= 11 is 12.3. The Balaban J connectivity index is 1.70. The number of nitrogens with two attached hydrogens (primary N) is 1. The number of H-pyrrole nitrogens is 1. The molecule has 0 saturated carbocycles. The Kier molecular flexibility index (Phi) is 7.45. The van der Waals surface area contributed by atoms with E-state index in [4.69, 9.17) is 33.7 Å². The number of benzene rings is 2. The van der Waals surface area contributed by atoms with E-state index in [0.717, 1.165) is 18.2 Å². The Morgan fingerprint density at radius 3 is 2.68 bits per heavy atom. The molecule has 0 fully saturated rings. The van der Waals surface area contributed by atoms with Crippen LogP contribution in [-0.4, -0.2) is 30.2 Å². The van der Waals surface area contributed by atoms with E-state index in [2.05, 4.69) is 31.7 Å². The number of aromatic nitrogens is 3. The maximum absolute atomic E-state index is 15.2. The quantitative estimate of drug-likeness (QED) is 0.268. The first-order chi connectivity index (χ1) is 17.5. The predicted molar refractivity (Wildman–Crippen MR) is 138 cm³/mol. The monoisotopic (exact) mass is 565 g/mol. The van der Waals surface area contributed by atoms with E-state index >= 15 is 4.39 Å². The maximum atomic E-state index is 15.2. The van der Waals surface area contributed by atoms with E-state index in [0.29, 0.717) is 29.6 Å². The van der Waals surface area contributed by atoms with Gasteiger partial charge in [0, 0.05) is 18.0 Å². The van der Waals surface area contributed by atoms with Crippen molar-refractivity contribution in [2.75, 3.05) is 17.1 Å². The number of nitrogens with zero attached hydrogens (tertiary/aromatic N) is 2. The number of halogens is 4. The van der Waals surface area contributed by atoms with E-state index < -0.39 is 37.8 Å². The van der Waals surface area contributed by atoms with Crippen molar-refractivity contribution in [1.29, 1.82) is 0 Å². The third kappa shape index (κ3) is 5.27. The molecule has 0 aliphatic rings. The van der Waals surface area contributed by atoms with Gasteiger partial charge in [0.15, 0.2) is 5.82 Å². The minimum Gasteiger partial charge on any atom is -0.492 e. The lowest BCUT2D eigenvalue weighted by Gasteiger charge is -2.14. The van der Waals surface area contributed by atoms with Gasteiger partial charge in [-0.05, 0) is 31.5 Å². The molecule has 0 spiro atoms. The summed E-state index contributed by atoms with van der Waals surface area (Å²) in [6.45, 7) is 3.98. The van der Waals surface area contributed by atoms with E-state index in [1.807, 2.05) is 6.92 Å². The number of sulfonamides is 1. The highest BCUT2D eigenvalue weighted by Crippen LogP contribution is 2.35. The van der Waals surface area contributed by atoms with Crippen molar-refractivity contribution in [1.82, 2.24) is 15.2 Å². The lowest BCUT2D eigenvalue weighted by atomic mass is 10.1. The van der Waals surface area contributed by atoms with Crippen LogP contribution in [0, 0.1) is 30.4 Å². The minimum absolute atomic E-state index is 0.00128. The van der Waals surface area contributed by atoms with Crippen LogP contribution in [0.3, 0.4) is 0 Å². The summed E-state index contributed by atoms with van der Waals surface area (Å²) in [5, 5.41) is 7.22. The largest absolute Gasteiger partial charge is 0.492 e. The molecule has 2 heterocycles. The van der Waals surface area contributed by atoms with Crippen molar-refractivity contribution in [2.24, 2.45) is 0 Å². The summed E-state index contributed by atoms with van der Waals surface area (Å²) < 4.78 is 63.2. The zero-order chi connectivity index (χ0) is 26.9. The molecule has 4 aromatic rings. The van der Waals surface area contributed by atoms with Crippen LogP contribution in [0.2, 0.25) is 10.0 Å². The van der Waals surface area contributed by atoms with Crippen molar-refractivity contribution in [3.05, 3.63) is 69.0 Å². The Bertz CT molecular complexity index is 1700. The van der Waals surface area contributed by atoms with Gasteiger partial charge in [-0.15, -0.1) is 0 Å². The number of pyridine rings is 1. The van der Waals surface area contributed by atoms with Crippen molar-refractivity contribution >= 4 is 55.6 Å². The molecule has 8 nitrogen and oxygen atoms in total. The molecule has 0 aliphatic carbocycles. The standard InChI is InChI=1S/C24H19Cl2F2N5O3S/c1-3-8-36-19-9-16(26)20(10-15(19)25)37(34,35)33-18-7-6-17(27)14(22(18)28)5-4-13-11-30-24(29)21-12(2)31-32-23(13)21/h6-7,9-11,33H,3,8H2,1-2H3,(H2,29,30)(H,31,32). The molecular weight excluding hydrogens is 547 g/mol. The average molecular weight is 566 g/mol. The third-order valence-corrected chi connectivity index (χ3v) is 7.31. The van der Waals surface area contributed by atoms with Crippen LogP contribution < -0.4 is 15.2 Å². The lowest BCUT2D eigenvalue weighted by Crippen LogP contribution is -2.15. The normalized spacial score (nSPS) is 11.3. The molecule has 2 aromatic carbocycles. The summed E-state index contributed by atoms with van der Waals surface area (Å²) in [5.41, 5.74) is 5.97. The van der Waals surface area contributed by atoms with Gasteiger partial charge >= 0.3 is 0 Å². The summed E-state index contributed by atoms with van der Waals surface area (Å²) in [6.07, 6.45) is 2.03.